The molecule has 1 N–H and O–H groups in total. The van der Waals surface area contributed by atoms with Crippen LogP contribution in [0.1, 0.15) is 10.5 Å². The Bertz CT molecular complexity index is 671. The number of nitrogens with one attached hydrogen (secondary N) is 1. The topological polar surface area (TPSA) is 45.8 Å². The third-order valence-electron chi connectivity index (χ3n) is 2.71. The van der Waals surface area contributed by atoms with Gasteiger partial charge in [0.2, 0.25) is 0 Å². The number of nitrogens with zero attached hydrogens (tertiary/aromatic N) is 1. The highest BCUT2D eigenvalue weighted by atomic mass is 16.1. The number of hydrogen-bond donors (Lipinski definition) is 1. The van der Waals surface area contributed by atoms with Gasteiger partial charge in [-0.1, -0.05) is 30.3 Å². The summed E-state index contributed by atoms with van der Waals surface area (Å²) in [5.41, 5.74) is 3.31. The number of aldehydes is 1. The molecule has 0 spiro atoms. The number of benzene rings is 1. The number of carbonyl (C=O) groups is 1. The minimum absolute atomic E-state index is 0.443. The Balaban J connectivity index is 2.17. The Morgan fingerprint density at radius 3 is 2.65 bits per heavy atom. The van der Waals surface area contributed by atoms with Gasteiger partial charge < -0.3 is 4.98 Å². The van der Waals surface area contributed by atoms with E-state index in [9.17, 15) is 4.79 Å². The van der Waals surface area contributed by atoms with Gasteiger partial charge in [0.25, 0.3) is 0 Å². The monoisotopic (exact) mass is 222 g/mol. The first kappa shape index (κ1) is 9.78. The van der Waals surface area contributed by atoms with Gasteiger partial charge in [-0.2, -0.15) is 0 Å². The molecule has 1 aromatic carbocycles. The van der Waals surface area contributed by atoms with E-state index in [4.69, 9.17) is 0 Å². The molecule has 2 heterocycles. The molecule has 0 aliphatic heterocycles. The number of rotatable bonds is 2. The number of H-pyrrole nitrogens is 1. The van der Waals surface area contributed by atoms with Crippen LogP contribution in [0.5, 0.6) is 0 Å². The molecule has 0 bridgehead atoms. The van der Waals surface area contributed by atoms with Crippen LogP contribution in [0.15, 0.2) is 48.5 Å². The van der Waals surface area contributed by atoms with Crippen molar-refractivity contribution in [2.45, 2.75) is 0 Å². The van der Waals surface area contributed by atoms with Crippen LogP contribution in [0.2, 0.25) is 0 Å². The lowest BCUT2D eigenvalue weighted by Gasteiger charge is -1.94. The second-order valence-electron chi connectivity index (χ2n) is 3.84. The Morgan fingerprint density at radius 1 is 1.06 bits per heavy atom. The summed E-state index contributed by atoms with van der Waals surface area (Å²) < 4.78 is 0. The smallest absolute Gasteiger partial charge is 0.168 e. The van der Waals surface area contributed by atoms with E-state index in [0.29, 0.717) is 5.69 Å². The number of fused-ring (bicyclic) bond motifs is 1. The minimum Gasteiger partial charge on any atom is -0.339 e. The Labute approximate surface area is 98.1 Å². The van der Waals surface area contributed by atoms with Crippen LogP contribution in [0.4, 0.5) is 0 Å². The first-order valence-corrected chi connectivity index (χ1v) is 5.37. The maximum atomic E-state index is 10.7. The highest BCUT2D eigenvalue weighted by Gasteiger charge is 2.04. The van der Waals surface area contributed by atoms with E-state index in [0.717, 1.165) is 28.6 Å². The fourth-order valence-electron chi connectivity index (χ4n) is 1.86. The van der Waals surface area contributed by atoms with E-state index in [-0.39, 0.29) is 0 Å². The SMILES string of the molecule is O=Cc1ccc2cc(-c3ccccc3)[nH]c2n1. The van der Waals surface area contributed by atoms with Crippen LogP contribution >= 0.6 is 0 Å². The van der Waals surface area contributed by atoms with Gasteiger partial charge in [-0.25, -0.2) is 4.98 Å². The predicted octanol–water partition coefficient (Wildman–Crippen LogP) is 3.04. The Hall–Kier alpha value is -2.42. The van der Waals surface area contributed by atoms with Crippen molar-refractivity contribution in [2.75, 3.05) is 0 Å². The molecule has 0 radical (unpaired) electrons. The van der Waals surface area contributed by atoms with E-state index < -0.39 is 0 Å². The molecule has 0 amide bonds. The zero-order chi connectivity index (χ0) is 11.7. The normalized spacial score (nSPS) is 10.6. The zero-order valence-corrected chi connectivity index (χ0v) is 9.05. The summed E-state index contributed by atoms with van der Waals surface area (Å²) >= 11 is 0. The molecule has 0 unspecified atom stereocenters. The first-order valence-electron chi connectivity index (χ1n) is 5.37. The molecule has 3 nitrogen and oxygen atoms in total. The third kappa shape index (κ3) is 1.72. The van der Waals surface area contributed by atoms with Gasteiger partial charge in [-0.15, -0.1) is 0 Å². The molecule has 0 fully saturated rings. The van der Waals surface area contributed by atoms with Crippen molar-refractivity contribution in [1.29, 1.82) is 0 Å². The van der Waals surface area contributed by atoms with E-state index in [1.54, 1.807) is 6.07 Å². The summed E-state index contributed by atoms with van der Waals surface area (Å²) in [6.07, 6.45) is 0.752. The van der Waals surface area contributed by atoms with Gasteiger partial charge in [0.1, 0.15) is 11.3 Å². The van der Waals surface area contributed by atoms with Gasteiger partial charge in [0.05, 0.1) is 0 Å². The molecule has 82 valence electrons. The molecule has 0 aliphatic carbocycles. The van der Waals surface area contributed by atoms with E-state index in [2.05, 4.69) is 9.97 Å². The average Bonchev–Trinajstić information content (AvgIpc) is 2.82. The van der Waals surface area contributed by atoms with Gasteiger partial charge >= 0.3 is 0 Å². The average molecular weight is 222 g/mol. The second-order valence-corrected chi connectivity index (χ2v) is 3.84. The number of aromatic amines is 1. The Kier molecular flexibility index (Phi) is 2.22. The quantitative estimate of drug-likeness (QED) is 0.677. The molecule has 2 aromatic heterocycles. The number of carbonyl (C=O) groups excluding carboxylic acids is 1. The lowest BCUT2D eigenvalue weighted by atomic mass is 10.1. The molecule has 17 heavy (non-hydrogen) atoms. The molecule has 0 atom stereocenters. The van der Waals surface area contributed by atoms with Gasteiger partial charge in [0.15, 0.2) is 6.29 Å². The van der Waals surface area contributed by atoms with Gasteiger partial charge in [-0.05, 0) is 23.8 Å². The molecule has 0 saturated heterocycles. The van der Waals surface area contributed by atoms with Crippen molar-refractivity contribution >= 4 is 17.3 Å². The largest absolute Gasteiger partial charge is 0.339 e. The maximum absolute atomic E-state index is 10.7. The molecule has 3 aromatic rings. The van der Waals surface area contributed by atoms with E-state index in [1.165, 1.54) is 0 Å². The first-order chi connectivity index (χ1) is 8.36. The fourth-order valence-corrected chi connectivity index (χ4v) is 1.86. The van der Waals surface area contributed by atoms with E-state index in [1.807, 2.05) is 42.5 Å². The summed E-state index contributed by atoms with van der Waals surface area (Å²) in [6, 6.07) is 15.7. The standard InChI is InChI=1S/C14H10N2O/c17-9-12-7-6-11-8-13(16-14(11)15-12)10-4-2-1-3-5-10/h1-9H,(H,15,16). The van der Waals surface area contributed by atoms with Crippen molar-refractivity contribution < 1.29 is 4.79 Å². The summed E-state index contributed by atoms with van der Waals surface area (Å²) in [5.74, 6) is 0. The summed E-state index contributed by atoms with van der Waals surface area (Å²) in [6.45, 7) is 0. The van der Waals surface area contributed by atoms with Crippen molar-refractivity contribution in [3.63, 3.8) is 0 Å². The third-order valence-corrected chi connectivity index (χ3v) is 2.71. The molecule has 0 saturated carbocycles. The van der Waals surface area contributed by atoms with Crippen LogP contribution in [0, 0.1) is 0 Å². The van der Waals surface area contributed by atoms with E-state index >= 15 is 0 Å². The predicted molar refractivity (Wildman–Crippen MR) is 66.9 cm³/mol. The minimum atomic E-state index is 0.443. The van der Waals surface area contributed by atoms with Crippen LogP contribution in [0.25, 0.3) is 22.3 Å². The fraction of sp³-hybridized carbons (Fsp3) is 0. The molecular formula is C14H10N2O. The second kappa shape index (κ2) is 3.87. The van der Waals surface area contributed by atoms with Crippen LogP contribution in [-0.4, -0.2) is 16.3 Å². The number of pyridine rings is 1. The van der Waals surface area contributed by atoms with Crippen molar-refractivity contribution in [2.24, 2.45) is 0 Å². The highest BCUT2D eigenvalue weighted by Crippen LogP contribution is 2.22. The lowest BCUT2D eigenvalue weighted by molar-refractivity contribution is 0.111. The van der Waals surface area contributed by atoms with Crippen LogP contribution < -0.4 is 0 Å². The van der Waals surface area contributed by atoms with Gasteiger partial charge in [0, 0.05) is 11.1 Å². The lowest BCUT2D eigenvalue weighted by Crippen LogP contribution is -1.85. The van der Waals surface area contributed by atoms with Crippen molar-refractivity contribution in [3.05, 3.63) is 54.2 Å². The highest BCUT2D eigenvalue weighted by molar-refractivity contribution is 5.85. The summed E-state index contributed by atoms with van der Waals surface area (Å²) in [4.78, 5) is 18.1. The number of hydrogen-bond acceptors (Lipinski definition) is 2. The van der Waals surface area contributed by atoms with Crippen LogP contribution in [-0.2, 0) is 0 Å². The van der Waals surface area contributed by atoms with Crippen LogP contribution in [0.3, 0.4) is 0 Å². The summed E-state index contributed by atoms with van der Waals surface area (Å²) in [7, 11) is 0. The molecule has 3 heteroatoms. The Morgan fingerprint density at radius 2 is 1.88 bits per heavy atom. The molecule has 0 aliphatic rings. The maximum Gasteiger partial charge on any atom is 0.168 e. The van der Waals surface area contributed by atoms with Crippen molar-refractivity contribution in [3.8, 4) is 11.3 Å². The van der Waals surface area contributed by atoms with Gasteiger partial charge in [-0.3, -0.25) is 4.79 Å². The summed E-state index contributed by atoms with van der Waals surface area (Å²) in [5, 5.41) is 1.01. The van der Waals surface area contributed by atoms with Crippen molar-refractivity contribution in [1.82, 2.24) is 9.97 Å². The number of aromatic nitrogens is 2. The molecular weight excluding hydrogens is 212 g/mol. The molecule has 3 rings (SSSR count). The zero-order valence-electron chi connectivity index (χ0n) is 9.05.